The molecule has 34 heavy (non-hydrogen) atoms. The molecule has 0 unspecified atom stereocenters. The predicted molar refractivity (Wildman–Crippen MR) is 122 cm³/mol. The second kappa shape index (κ2) is 11.8. The van der Waals surface area contributed by atoms with Crippen LogP contribution in [0.1, 0.15) is 54.0 Å². The smallest absolute Gasteiger partial charge is 0.461 e. The topological polar surface area (TPSA) is 140 Å². The Hall–Kier alpha value is -3.14. The van der Waals surface area contributed by atoms with E-state index in [2.05, 4.69) is 4.74 Å². The zero-order valence-corrected chi connectivity index (χ0v) is 21.1. The standard InChI is InChI=1S/C24H35NO9/c1-14(32-22(29)30-8)13-31-19(26)16(25)11-15-9-10-17(33-20(27)23(2,3)4)18(12-15)34-21(28)24(5,6)7/h9-10,12,14,16H,11,13,25H2,1-8H3/t14-,16-/m0/s1. The lowest BCUT2D eigenvalue weighted by atomic mass is 9.97. The number of methoxy groups -OCH3 is 1. The minimum absolute atomic E-state index is 0.0377. The summed E-state index contributed by atoms with van der Waals surface area (Å²) in [4.78, 5) is 48.1. The second-order valence-electron chi connectivity index (χ2n) is 9.88. The molecule has 2 atom stereocenters. The Kier molecular flexibility index (Phi) is 10.0. The third kappa shape index (κ3) is 9.38. The molecule has 1 rings (SSSR count). The van der Waals surface area contributed by atoms with Crippen molar-refractivity contribution in [3.05, 3.63) is 23.8 Å². The first-order valence-electron chi connectivity index (χ1n) is 10.8. The molecule has 0 aromatic heterocycles. The summed E-state index contributed by atoms with van der Waals surface area (Å²) in [6.45, 7) is 11.5. The number of esters is 3. The van der Waals surface area contributed by atoms with Crippen molar-refractivity contribution in [1.82, 2.24) is 0 Å². The zero-order valence-electron chi connectivity index (χ0n) is 21.1. The van der Waals surface area contributed by atoms with E-state index in [1.165, 1.54) is 26.2 Å². The molecule has 0 spiro atoms. The first-order chi connectivity index (χ1) is 15.5. The molecule has 0 amide bonds. The van der Waals surface area contributed by atoms with Gasteiger partial charge in [0.15, 0.2) is 11.5 Å². The Balaban J connectivity index is 2.98. The number of hydrogen-bond acceptors (Lipinski definition) is 10. The average Bonchev–Trinajstić information content (AvgIpc) is 2.72. The number of benzene rings is 1. The first kappa shape index (κ1) is 28.9. The molecule has 0 aliphatic heterocycles. The van der Waals surface area contributed by atoms with E-state index in [9.17, 15) is 19.2 Å². The van der Waals surface area contributed by atoms with E-state index in [0.29, 0.717) is 5.56 Å². The van der Waals surface area contributed by atoms with Gasteiger partial charge in [-0.25, -0.2) is 4.79 Å². The van der Waals surface area contributed by atoms with E-state index in [1.807, 2.05) is 0 Å². The molecule has 1 aromatic carbocycles. The number of nitrogens with two attached hydrogens (primary N) is 1. The summed E-state index contributed by atoms with van der Waals surface area (Å²) in [5.74, 6) is -1.63. The minimum Gasteiger partial charge on any atom is -0.461 e. The van der Waals surface area contributed by atoms with Gasteiger partial charge in [-0.05, 0) is 72.6 Å². The fourth-order valence-electron chi connectivity index (χ4n) is 2.24. The van der Waals surface area contributed by atoms with Crippen LogP contribution < -0.4 is 15.2 Å². The monoisotopic (exact) mass is 481 g/mol. The van der Waals surface area contributed by atoms with Crippen molar-refractivity contribution < 1.29 is 42.9 Å². The van der Waals surface area contributed by atoms with E-state index >= 15 is 0 Å². The van der Waals surface area contributed by atoms with Crippen molar-refractivity contribution in [3.8, 4) is 11.5 Å². The summed E-state index contributed by atoms with van der Waals surface area (Å²) in [5, 5.41) is 0. The molecular formula is C24H35NO9. The first-order valence-corrected chi connectivity index (χ1v) is 10.8. The molecule has 0 aliphatic carbocycles. The highest BCUT2D eigenvalue weighted by Crippen LogP contribution is 2.33. The van der Waals surface area contributed by atoms with Crippen LogP contribution >= 0.6 is 0 Å². The van der Waals surface area contributed by atoms with E-state index < -0.39 is 47.0 Å². The highest BCUT2D eigenvalue weighted by atomic mass is 16.7. The Bertz CT molecular complexity index is 897. The van der Waals surface area contributed by atoms with Crippen molar-refractivity contribution >= 4 is 24.1 Å². The fourth-order valence-corrected chi connectivity index (χ4v) is 2.24. The molecule has 0 saturated carbocycles. The molecule has 0 heterocycles. The van der Waals surface area contributed by atoms with Gasteiger partial charge in [-0.15, -0.1) is 0 Å². The number of carbonyl (C=O) groups is 4. The summed E-state index contributed by atoms with van der Waals surface area (Å²) in [6, 6.07) is 3.54. The van der Waals surface area contributed by atoms with E-state index in [-0.39, 0.29) is 24.5 Å². The number of rotatable bonds is 8. The fraction of sp³-hybridized carbons (Fsp3) is 0.583. The van der Waals surface area contributed by atoms with Crippen molar-refractivity contribution in [2.45, 2.75) is 67.0 Å². The van der Waals surface area contributed by atoms with Crippen LogP contribution in [-0.2, 0) is 35.0 Å². The lowest BCUT2D eigenvalue weighted by molar-refractivity contribution is -0.148. The van der Waals surface area contributed by atoms with Crippen LogP contribution in [0.25, 0.3) is 0 Å². The molecule has 10 heteroatoms. The quantitative estimate of drug-likeness (QED) is 0.435. The van der Waals surface area contributed by atoms with Crippen LogP contribution in [0.4, 0.5) is 4.79 Å². The second-order valence-corrected chi connectivity index (χ2v) is 9.88. The van der Waals surface area contributed by atoms with Crippen LogP contribution in [0.2, 0.25) is 0 Å². The number of carbonyl (C=O) groups excluding carboxylic acids is 4. The van der Waals surface area contributed by atoms with Crippen molar-refractivity contribution in [3.63, 3.8) is 0 Å². The highest BCUT2D eigenvalue weighted by molar-refractivity contribution is 5.81. The average molecular weight is 482 g/mol. The van der Waals surface area contributed by atoms with Crippen LogP contribution in [0.3, 0.4) is 0 Å². The lowest BCUT2D eigenvalue weighted by Crippen LogP contribution is -2.36. The molecule has 0 radical (unpaired) electrons. The van der Waals surface area contributed by atoms with Crippen LogP contribution in [-0.4, -0.2) is 49.9 Å². The number of ether oxygens (including phenoxy) is 5. The van der Waals surface area contributed by atoms with Gasteiger partial charge in [0, 0.05) is 0 Å². The molecule has 0 aliphatic rings. The van der Waals surface area contributed by atoms with Gasteiger partial charge in [0.05, 0.1) is 17.9 Å². The highest BCUT2D eigenvalue weighted by Gasteiger charge is 2.28. The number of hydrogen-bond donors (Lipinski definition) is 1. The lowest BCUT2D eigenvalue weighted by Gasteiger charge is -2.21. The van der Waals surface area contributed by atoms with E-state index in [1.54, 1.807) is 47.6 Å². The predicted octanol–water partition coefficient (Wildman–Crippen LogP) is 3.17. The van der Waals surface area contributed by atoms with Crippen molar-refractivity contribution in [1.29, 1.82) is 0 Å². The third-order valence-electron chi connectivity index (χ3n) is 4.32. The molecule has 1 aromatic rings. The van der Waals surface area contributed by atoms with Crippen molar-refractivity contribution in [2.75, 3.05) is 13.7 Å². The molecule has 0 bridgehead atoms. The van der Waals surface area contributed by atoms with Gasteiger partial charge in [-0.1, -0.05) is 6.07 Å². The Morgan fingerprint density at radius 1 is 0.912 bits per heavy atom. The maximum atomic E-state index is 12.5. The van der Waals surface area contributed by atoms with Crippen LogP contribution in [0.5, 0.6) is 11.5 Å². The van der Waals surface area contributed by atoms with Gasteiger partial charge in [0.1, 0.15) is 18.8 Å². The molecular weight excluding hydrogens is 446 g/mol. The maximum absolute atomic E-state index is 12.5. The molecule has 10 nitrogen and oxygen atoms in total. The summed E-state index contributed by atoms with van der Waals surface area (Å²) in [5.41, 5.74) is 4.94. The maximum Gasteiger partial charge on any atom is 0.508 e. The van der Waals surface area contributed by atoms with Gasteiger partial charge in [0.25, 0.3) is 0 Å². The Morgan fingerprint density at radius 2 is 1.44 bits per heavy atom. The van der Waals surface area contributed by atoms with Gasteiger partial charge < -0.3 is 29.4 Å². The van der Waals surface area contributed by atoms with E-state index in [4.69, 9.17) is 24.7 Å². The minimum atomic E-state index is -1.04. The molecule has 0 saturated heterocycles. The van der Waals surface area contributed by atoms with E-state index in [0.717, 1.165) is 0 Å². The zero-order chi connectivity index (χ0) is 26.3. The molecule has 190 valence electrons. The van der Waals surface area contributed by atoms with Crippen LogP contribution in [0, 0.1) is 10.8 Å². The summed E-state index contributed by atoms with van der Waals surface area (Å²) < 4.78 is 25.2. The Labute approximate surface area is 200 Å². The van der Waals surface area contributed by atoms with Gasteiger partial charge in [-0.2, -0.15) is 0 Å². The molecule has 2 N–H and O–H groups in total. The van der Waals surface area contributed by atoms with Gasteiger partial charge in [-0.3, -0.25) is 14.4 Å². The largest absolute Gasteiger partial charge is 0.508 e. The summed E-state index contributed by atoms with van der Waals surface area (Å²) >= 11 is 0. The summed E-state index contributed by atoms with van der Waals surface area (Å²) in [7, 11) is 1.17. The Morgan fingerprint density at radius 3 is 1.94 bits per heavy atom. The molecule has 0 fully saturated rings. The van der Waals surface area contributed by atoms with Gasteiger partial charge in [0.2, 0.25) is 0 Å². The summed E-state index contributed by atoms with van der Waals surface area (Å²) in [6.07, 6.45) is -1.56. The van der Waals surface area contributed by atoms with Crippen molar-refractivity contribution in [2.24, 2.45) is 16.6 Å². The normalized spacial score (nSPS) is 13.3. The van der Waals surface area contributed by atoms with Gasteiger partial charge >= 0.3 is 24.1 Å². The van der Waals surface area contributed by atoms with Crippen LogP contribution in [0.15, 0.2) is 18.2 Å². The third-order valence-corrected chi connectivity index (χ3v) is 4.32. The SMILES string of the molecule is COC(=O)O[C@@H](C)COC(=O)[C@@H](N)Cc1ccc(OC(=O)C(C)(C)C)c(OC(=O)C(C)(C)C)c1.